The average Bonchev–Trinajstić information content (AvgIpc) is 2.62. The molecule has 0 saturated heterocycles. The number of amides is 3. The summed E-state index contributed by atoms with van der Waals surface area (Å²) in [6.45, 7) is 4.97. The molecule has 0 radical (unpaired) electrons. The van der Waals surface area contributed by atoms with Gasteiger partial charge in [0.15, 0.2) is 0 Å². The molecule has 0 aromatic heterocycles. The van der Waals surface area contributed by atoms with Crippen molar-refractivity contribution < 1.29 is 18.8 Å². The summed E-state index contributed by atoms with van der Waals surface area (Å²) in [5.74, 6) is -1.96. The van der Waals surface area contributed by atoms with Crippen molar-refractivity contribution >= 4 is 17.7 Å². The molecule has 0 aliphatic carbocycles. The summed E-state index contributed by atoms with van der Waals surface area (Å²) in [5, 5.41) is 5.17. The van der Waals surface area contributed by atoms with E-state index in [1.165, 1.54) is 25.1 Å². The number of hydrogen-bond donors (Lipinski definition) is 3. The molecule has 0 aliphatic heterocycles. The number of nitrogens with two attached hydrogens (primary N) is 1. The number of carbonyl (C=O) groups excluding carboxylic acids is 3. The van der Waals surface area contributed by atoms with Crippen LogP contribution in [0.25, 0.3) is 0 Å². The normalized spacial score (nSPS) is 12.6. The van der Waals surface area contributed by atoms with E-state index in [4.69, 9.17) is 5.73 Å². The van der Waals surface area contributed by atoms with E-state index in [1.807, 2.05) is 6.08 Å². The minimum absolute atomic E-state index is 0.107. The lowest BCUT2D eigenvalue weighted by Gasteiger charge is -2.21. The Kier molecular flexibility index (Phi) is 10.5. The highest BCUT2D eigenvalue weighted by molar-refractivity contribution is 5.91. The van der Waals surface area contributed by atoms with Crippen molar-refractivity contribution in [3.63, 3.8) is 0 Å². The molecule has 0 aliphatic rings. The second-order valence-corrected chi connectivity index (χ2v) is 6.83. The van der Waals surface area contributed by atoms with Crippen LogP contribution >= 0.6 is 0 Å². The largest absolute Gasteiger partial charge is 0.368 e. The van der Waals surface area contributed by atoms with Gasteiger partial charge >= 0.3 is 0 Å². The van der Waals surface area contributed by atoms with Crippen molar-refractivity contribution in [2.24, 2.45) is 5.73 Å². The van der Waals surface area contributed by atoms with Gasteiger partial charge in [0.2, 0.25) is 17.7 Å². The molecule has 4 N–H and O–H groups in total. The molecule has 1 aromatic rings. The highest BCUT2D eigenvalue weighted by Crippen LogP contribution is 2.10. The maximum absolute atomic E-state index is 13.4. The first-order valence-corrected chi connectivity index (χ1v) is 9.55. The summed E-state index contributed by atoms with van der Waals surface area (Å²) in [5.41, 5.74) is 5.98. The predicted octanol–water partition coefficient (Wildman–Crippen LogP) is 2.37. The summed E-state index contributed by atoms with van der Waals surface area (Å²) in [6, 6.07) is 4.07. The Morgan fingerprint density at radius 2 is 1.86 bits per heavy atom. The van der Waals surface area contributed by atoms with Crippen LogP contribution in [0, 0.1) is 5.82 Å². The molecular formula is C21H30FN3O3. The minimum atomic E-state index is -0.922. The monoisotopic (exact) mass is 391 g/mol. The van der Waals surface area contributed by atoms with Crippen molar-refractivity contribution in [2.75, 3.05) is 0 Å². The molecule has 154 valence electrons. The maximum atomic E-state index is 13.4. The predicted molar refractivity (Wildman–Crippen MR) is 107 cm³/mol. The Morgan fingerprint density at radius 3 is 2.46 bits per heavy atom. The molecular weight excluding hydrogens is 361 g/mol. The van der Waals surface area contributed by atoms with Crippen LogP contribution in [0.2, 0.25) is 0 Å². The Hall–Kier alpha value is -2.70. The molecule has 0 fully saturated rings. The summed E-state index contributed by atoms with van der Waals surface area (Å²) in [6.07, 6.45) is 7.08. The number of carbonyl (C=O) groups is 3. The van der Waals surface area contributed by atoms with Gasteiger partial charge in [-0.1, -0.05) is 37.5 Å². The zero-order valence-electron chi connectivity index (χ0n) is 16.4. The van der Waals surface area contributed by atoms with E-state index in [0.29, 0.717) is 12.0 Å². The van der Waals surface area contributed by atoms with Gasteiger partial charge in [0.05, 0.1) is 0 Å². The van der Waals surface area contributed by atoms with Crippen molar-refractivity contribution in [2.45, 2.75) is 64.0 Å². The first-order chi connectivity index (χ1) is 13.3. The Bertz CT molecular complexity index is 679. The lowest BCUT2D eigenvalue weighted by molar-refractivity contribution is -0.130. The molecule has 6 nitrogen and oxygen atoms in total. The van der Waals surface area contributed by atoms with Crippen LogP contribution in [0.4, 0.5) is 4.39 Å². The summed E-state index contributed by atoms with van der Waals surface area (Å²) >= 11 is 0. The van der Waals surface area contributed by atoms with Gasteiger partial charge in [0.1, 0.15) is 17.9 Å². The molecule has 0 spiro atoms. The average molecular weight is 391 g/mol. The second kappa shape index (κ2) is 12.6. The van der Waals surface area contributed by atoms with Gasteiger partial charge in [0, 0.05) is 13.3 Å². The Balaban J connectivity index is 2.67. The third-order valence-corrected chi connectivity index (χ3v) is 4.33. The van der Waals surface area contributed by atoms with Crippen LogP contribution in [0.5, 0.6) is 0 Å². The van der Waals surface area contributed by atoms with Crippen molar-refractivity contribution in [1.82, 2.24) is 10.6 Å². The highest BCUT2D eigenvalue weighted by atomic mass is 19.1. The van der Waals surface area contributed by atoms with Gasteiger partial charge in [0.25, 0.3) is 0 Å². The fraction of sp³-hybridized carbons (Fsp3) is 0.476. The van der Waals surface area contributed by atoms with Gasteiger partial charge in [-0.15, -0.1) is 6.58 Å². The standard InChI is InChI=1S/C21H30FN3O3/c1-3-4-5-6-7-8-12-18(20(23)27)25-21(28)19(24-15(2)26)14-16-10-9-11-17(22)13-16/h3,9-11,13,18-19H,1,4-8,12,14H2,2H3,(H2,23,27)(H,24,26)(H,25,28)/t18-,19-/m1/s1. The number of benzene rings is 1. The van der Waals surface area contributed by atoms with Crippen molar-refractivity contribution in [3.05, 3.63) is 48.3 Å². The molecule has 3 amide bonds. The lowest BCUT2D eigenvalue weighted by atomic mass is 10.0. The van der Waals surface area contributed by atoms with Crippen LogP contribution in [0.1, 0.15) is 51.0 Å². The number of unbranched alkanes of at least 4 members (excludes halogenated alkanes) is 4. The molecule has 0 unspecified atom stereocenters. The van der Waals surface area contributed by atoms with Gasteiger partial charge in [-0.05, 0) is 37.0 Å². The van der Waals surface area contributed by atoms with Gasteiger partial charge in [-0.3, -0.25) is 14.4 Å². The number of rotatable bonds is 13. The Labute approximate surface area is 165 Å². The molecule has 0 heterocycles. The third-order valence-electron chi connectivity index (χ3n) is 4.33. The van der Waals surface area contributed by atoms with Gasteiger partial charge in [-0.2, -0.15) is 0 Å². The maximum Gasteiger partial charge on any atom is 0.243 e. The Morgan fingerprint density at radius 1 is 1.14 bits per heavy atom. The number of allylic oxidation sites excluding steroid dienone is 1. The molecule has 2 atom stereocenters. The number of nitrogens with one attached hydrogen (secondary N) is 2. The molecule has 1 aromatic carbocycles. The second-order valence-electron chi connectivity index (χ2n) is 6.83. The van der Waals surface area contributed by atoms with Crippen LogP contribution in [0.3, 0.4) is 0 Å². The van der Waals surface area contributed by atoms with E-state index in [0.717, 1.165) is 32.1 Å². The topological polar surface area (TPSA) is 101 Å². The first-order valence-electron chi connectivity index (χ1n) is 9.55. The quantitative estimate of drug-likeness (QED) is 0.355. The van der Waals surface area contributed by atoms with Crippen molar-refractivity contribution in [1.29, 1.82) is 0 Å². The van der Waals surface area contributed by atoms with E-state index in [1.54, 1.807) is 6.07 Å². The lowest BCUT2D eigenvalue weighted by Crippen LogP contribution is -2.53. The van der Waals surface area contributed by atoms with Crippen LogP contribution < -0.4 is 16.4 Å². The van der Waals surface area contributed by atoms with Crippen LogP contribution in [-0.4, -0.2) is 29.8 Å². The van der Waals surface area contributed by atoms with Crippen molar-refractivity contribution in [3.8, 4) is 0 Å². The third kappa shape index (κ3) is 9.30. The van der Waals surface area contributed by atoms with E-state index < -0.39 is 35.6 Å². The smallest absolute Gasteiger partial charge is 0.243 e. The van der Waals surface area contributed by atoms with E-state index in [2.05, 4.69) is 17.2 Å². The van der Waals surface area contributed by atoms with E-state index in [-0.39, 0.29) is 6.42 Å². The van der Waals surface area contributed by atoms with Gasteiger partial charge < -0.3 is 16.4 Å². The highest BCUT2D eigenvalue weighted by Gasteiger charge is 2.25. The van der Waals surface area contributed by atoms with E-state index in [9.17, 15) is 18.8 Å². The molecule has 0 bridgehead atoms. The molecule has 0 saturated carbocycles. The number of halogens is 1. The van der Waals surface area contributed by atoms with E-state index >= 15 is 0 Å². The minimum Gasteiger partial charge on any atom is -0.368 e. The molecule has 7 heteroatoms. The fourth-order valence-corrected chi connectivity index (χ4v) is 2.90. The van der Waals surface area contributed by atoms with Crippen LogP contribution in [0.15, 0.2) is 36.9 Å². The van der Waals surface area contributed by atoms with Crippen LogP contribution in [-0.2, 0) is 20.8 Å². The zero-order chi connectivity index (χ0) is 20.9. The summed E-state index contributed by atoms with van der Waals surface area (Å²) in [7, 11) is 0. The SMILES string of the molecule is C=CCCCCCC[C@@H](NC(=O)[C@@H](Cc1cccc(F)c1)NC(C)=O)C(N)=O. The number of hydrogen-bond acceptors (Lipinski definition) is 3. The summed E-state index contributed by atoms with van der Waals surface area (Å²) < 4.78 is 13.4. The zero-order valence-corrected chi connectivity index (χ0v) is 16.4. The number of primary amides is 1. The summed E-state index contributed by atoms with van der Waals surface area (Å²) in [4.78, 5) is 35.8. The molecule has 1 rings (SSSR count). The molecule has 28 heavy (non-hydrogen) atoms. The van der Waals surface area contributed by atoms with Gasteiger partial charge in [-0.25, -0.2) is 4.39 Å². The first kappa shape index (κ1) is 23.3. The fourth-order valence-electron chi connectivity index (χ4n) is 2.90.